The van der Waals surface area contributed by atoms with Crippen molar-refractivity contribution in [2.24, 2.45) is 5.92 Å². The highest BCUT2D eigenvalue weighted by Gasteiger charge is 2.27. The van der Waals surface area contributed by atoms with E-state index in [2.05, 4.69) is 20.9 Å². The van der Waals surface area contributed by atoms with Crippen LogP contribution in [0.25, 0.3) is 0 Å². The third-order valence-electron chi connectivity index (χ3n) is 5.72. The Labute approximate surface area is 193 Å². The first-order valence-corrected chi connectivity index (χ1v) is 12.1. The van der Waals surface area contributed by atoms with E-state index in [0.717, 1.165) is 29.1 Å². The Bertz CT molecular complexity index is 911. The van der Waals surface area contributed by atoms with Crippen LogP contribution in [0.2, 0.25) is 5.02 Å². The third kappa shape index (κ3) is 6.43. The van der Waals surface area contributed by atoms with Gasteiger partial charge in [0.1, 0.15) is 6.04 Å². The lowest BCUT2D eigenvalue weighted by Crippen LogP contribution is -2.47. The van der Waals surface area contributed by atoms with Gasteiger partial charge in [-0.25, -0.2) is 0 Å². The Kier molecular flexibility index (Phi) is 8.32. The SMILES string of the molecule is CCNC(=O)[C@H](CC1CCCC1)NC(=O)c1ccc([C@H](C)Nc2cc(Cl)cnc2C)s1. The second-order valence-electron chi connectivity index (χ2n) is 8.16. The van der Waals surface area contributed by atoms with Crippen LogP contribution in [-0.2, 0) is 4.79 Å². The van der Waals surface area contributed by atoms with Gasteiger partial charge in [-0.3, -0.25) is 14.6 Å². The fourth-order valence-corrected chi connectivity index (χ4v) is 5.07. The molecule has 0 spiro atoms. The summed E-state index contributed by atoms with van der Waals surface area (Å²) in [6, 6.07) is 5.12. The fraction of sp³-hybridized carbons (Fsp3) is 0.522. The number of carbonyl (C=O) groups excluding carboxylic acids is 2. The minimum atomic E-state index is -0.489. The maximum Gasteiger partial charge on any atom is 0.262 e. The lowest BCUT2D eigenvalue weighted by atomic mass is 9.97. The summed E-state index contributed by atoms with van der Waals surface area (Å²) in [5.41, 5.74) is 1.73. The Morgan fingerprint density at radius 2 is 2.03 bits per heavy atom. The molecule has 2 aromatic heterocycles. The van der Waals surface area contributed by atoms with Crippen molar-refractivity contribution in [1.29, 1.82) is 0 Å². The molecule has 1 saturated carbocycles. The summed E-state index contributed by atoms with van der Waals surface area (Å²) in [5.74, 6) is 0.211. The monoisotopic (exact) mass is 462 g/mol. The Balaban J connectivity index is 1.65. The number of amides is 2. The van der Waals surface area contributed by atoms with Gasteiger partial charge >= 0.3 is 0 Å². The molecular formula is C23H31ClN4O2S. The molecule has 2 amide bonds. The van der Waals surface area contributed by atoms with E-state index in [-0.39, 0.29) is 17.9 Å². The first kappa shape index (κ1) is 23.5. The van der Waals surface area contributed by atoms with Gasteiger partial charge in [0, 0.05) is 17.6 Å². The number of pyridine rings is 1. The molecule has 0 radical (unpaired) electrons. The molecule has 3 N–H and O–H groups in total. The molecule has 0 saturated heterocycles. The Morgan fingerprint density at radius 3 is 2.74 bits per heavy atom. The Hall–Kier alpha value is -2.12. The summed E-state index contributed by atoms with van der Waals surface area (Å²) in [4.78, 5) is 31.3. The number of rotatable bonds is 9. The maximum atomic E-state index is 12.9. The molecule has 168 valence electrons. The largest absolute Gasteiger partial charge is 0.376 e. The van der Waals surface area contributed by atoms with Crippen LogP contribution < -0.4 is 16.0 Å². The number of aryl methyl sites for hydroxylation is 1. The average molecular weight is 463 g/mol. The van der Waals surface area contributed by atoms with Crippen LogP contribution in [-0.4, -0.2) is 29.4 Å². The van der Waals surface area contributed by atoms with E-state index in [1.807, 2.05) is 39.0 Å². The lowest BCUT2D eigenvalue weighted by molar-refractivity contribution is -0.123. The Morgan fingerprint density at radius 1 is 1.29 bits per heavy atom. The number of nitrogens with zero attached hydrogens (tertiary/aromatic N) is 1. The molecule has 31 heavy (non-hydrogen) atoms. The van der Waals surface area contributed by atoms with Crippen LogP contribution in [0.4, 0.5) is 5.69 Å². The molecule has 6 nitrogen and oxygen atoms in total. The molecule has 2 atom stereocenters. The number of hydrogen-bond acceptors (Lipinski definition) is 5. The number of anilines is 1. The number of hydrogen-bond donors (Lipinski definition) is 3. The van der Waals surface area contributed by atoms with Crippen molar-refractivity contribution >= 4 is 40.4 Å². The molecule has 0 aromatic carbocycles. The highest BCUT2D eigenvalue weighted by Crippen LogP contribution is 2.30. The van der Waals surface area contributed by atoms with E-state index in [4.69, 9.17) is 11.6 Å². The van der Waals surface area contributed by atoms with Gasteiger partial charge in [0.05, 0.1) is 27.3 Å². The van der Waals surface area contributed by atoms with Gasteiger partial charge in [0.2, 0.25) is 5.91 Å². The first-order chi connectivity index (χ1) is 14.9. The van der Waals surface area contributed by atoms with Gasteiger partial charge in [-0.05, 0) is 51.3 Å². The molecule has 0 unspecified atom stereocenters. The zero-order chi connectivity index (χ0) is 22.4. The number of nitrogens with one attached hydrogen (secondary N) is 3. The van der Waals surface area contributed by atoms with Gasteiger partial charge in [-0.2, -0.15) is 0 Å². The van der Waals surface area contributed by atoms with E-state index in [9.17, 15) is 9.59 Å². The first-order valence-electron chi connectivity index (χ1n) is 10.9. The molecule has 1 aliphatic rings. The zero-order valence-corrected chi connectivity index (χ0v) is 19.9. The van der Waals surface area contributed by atoms with Crippen molar-refractivity contribution in [1.82, 2.24) is 15.6 Å². The average Bonchev–Trinajstić information content (AvgIpc) is 3.42. The van der Waals surface area contributed by atoms with Gasteiger partial charge in [0.15, 0.2) is 0 Å². The lowest BCUT2D eigenvalue weighted by Gasteiger charge is -2.21. The molecule has 3 rings (SSSR count). The molecular weight excluding hydrogens is 432 g/mol. The molecule has 8 heteroatoms. The molecule has 0 bridgehead atoms. The van der Waals surface area contributed by atoms with E-state index >= 15 is 0 Å². The number of thiophene rings is 1. The number of aromatic nitrogens is 1. The number of likely N-dealkylation sites (N-methyl/N-ethyl adjacent to an activating group) is 1. The smallest absolute Gasteiger partial charge is 0.262 e. The van der Waals surface area contributed by atoms with Gasteiger partial charge < -0.3 is 16.0 Å². The molecule has 2 aromatic rings. The van der Waals surface area contributed by atoms with Gasteiger partial charge in [-0.1, -0.05) is 37.3 Å². The second-order valence-corrected chi connectivity index (χ2v) is 9.71. The zero-order valence-electron chi connectivity index (χ0n) is 18.3. The summed E-state index contributed by atoms with van der Waals surface area (Å²) in [6.07, 6.45) is 7.01. The van der Waals surface area contributed by atoms with Crippen LogP contribution in [0, 0.1) is 12.8 Å². The van der Waals surface area contributed by atoms with Crippen molar-refractivity contribution in [3.05, 3.63) is 44.9 Å². The van der Waals surface area contributed by atoms with Crippen molar-refractivity contribution in [3.63, 3.8) is 0 Å². The molecule has 0 aliphatic heterocycles. The summed E-state index contributed by atoms with van der Waals surface area (Å²) < 4.78 is 0. The standard InChI is InChI=1S/C23H31ClN4O2S/c1-4-25-22(29)19(11-16-7-5-6-8-16)28-23(30)21-10-9-20(31-21)15(3)27-18-12-17(24)13-26-14(18)2/h9-10,12-13,15-16,19,27H,4-8,11H2,1-3H3,(H,25,29)(H,28,30)/t15-,19-/m0/s1. The van der Waals surface area contributed by atoms with Crippen molar-refractivity contribution in [3.8, 4) is 0 Å². The maximum absolute atomic E-state index is 12.9. The summed E-state index contributed by atoms with van der Waals surface area (Å²) >= 11 is 7.49. The highest BCUT2D eigenvalue weighted by molar-refractivity contribution is 7.14. The topological polar surface area (TPSA) is 83.1 Å². The minimum absolute atomic E-state index is 0.0109. The number of halogens is 1. The van der Waals surface area contributed by atoms with Crippen LogP contribution in [0.1, 0.15) is 72.2 Å². The van der Waals surface area contributed by atoms with Gasteiger partial charge in [-0.15, -0.1) is 11.3 Å². The van der Waals surface area contributed by atoms with Crippen LogP contribution >= 0.6 is 22.9 Å². The van der Waals surface area contributed by atoms with E-state index in [0.29, 0.717) is 28.8 Å². The van der Waals surface area contributed by atoms with Crippen LogP contribution in [0.15, 0.2) is 24.4 Å². The van der Waals surface area contributed by atoms with E-state index in [1.165, 1.54) is 24.2 Å². The summed E-state index contributed by atoms with van der Waals surface area (Å²) in [7, 11) is 0. The van der Waals surface area contributed by atoms with Gasteiger partial charge in [0.25, 0.3) is 5.91 Å². The number of carbonyl (C=O) groups is 2. The normalized spacial score (nSPS) is 16.0. The van der Waals surface area contributed by atoms with Crippen molar-refractivity contribution < 1.29 is 9.59 Å². The van der Waals surface area contributed by atoms with E-state index in [1.54, 1.807) is 6.20 Å². The molecule has 1 fully saturated rings. The van der Waals surface area contributed by atoms with Crippen molar-refractivity contribution in [2.45, 2.75) is 65.0 Å². The summed E-state index contributed by atoms with van der Waals surface area (Å²) in [5, 5.41) is 9.82. The predicted octanol–water partition coefficient (Wildman–Crippen LogP) is 5.09. The molecule has 2 heterocycles. The highest BCUT2D eigenvalue weighted by atomic mass is 35.5. The fourth-order valence-electron chi connectivity index (χ4n) is 4.00. The predicted molar refractivity (Wildman–Crippen MR) is 127 cm³/mol. The third-order valence-corrected chi connectivity index (χ3v) is 7.19. The minimum Gasteiger partial charge on any atom is -0.376 e. The second kappa shape index (κ2) is 11.0. The van der Waals surface area contributed by atoms with E-state index < -0.39 is 6.04 Å². The molecule has 1 aliphatic carbocycles. The van der Waals surface area contributed by atoms with Crippen molar-refractivity contribution in [2.75, 3.05) is 11.9 Å². The quantitative estimate of drug-likeness (QED) is 0.484. The van der Waals surface area contributed by atoms with Crippen LogP contribution in [0.5, 0.6) is 0 Å². The summed E-state index contributed by atoms with van der Waals surface area (Å²) in [6.45, 7) is 6.40. The van der Waals surface area contributed by atoms with Crippen LogP contribution in [0.3, 0.4) is 0 Å².